The lowest BCUT2D eigenvalue weighted by atomic mass is 10.2. The van der Waals surface area contributed by atoms with E-state index in [0.29, 0.717) is 13.0 Å². The van der Waals surface area contributed by atoms with E-state index in [9.17, 15) is 9.59 Å². The van der Waals surface area contributed by atoms with Crippen molar-refractivity contribution in [3.8, 4) is 0 Å². The Hall–Kier alpha value is -0.940. The van der Waals surface area contributed by atoms with Gasteiger partial charge in [-0.2, -0.15) is 0 Å². The number of carbonyl (C=O) groups excluding carboxylic acids is 2. The highest BCUT2D eigenvalue weighted by Crippen LogP contribution is 2.15. The average Bonchev–Trinajstić information content (AvgIpc) is 2.62. The van der Waals surface area contributed by atoms with E-state index in [1.165, 1.54) is 4.90 Å². The number of nitrogens with two attached hydrogens (primary N) is 1. The Morgan fingerprint density at radius 1 is 1.77 bits per heavy atom. The van der Waals surface area contributed by atoms with Gasteiger partial charge in [0.25, 0.3) is 0 Å². The van der Waals surface area contributed by atoms with Crippen LogP contribution in [0.15, 0.2) is 0 Å². The molecule has 5 nitrogen and oxygen atoms in total. The lowest BCUT2D eigenvalue weighted by Crippen LogP contribution is -2.48. The monoisotopic (exact) mass is 186 g/mol. The first-order valence-corrected chi connectivity index (χ1v) is 4.33. The van der Waals surface area contributed by atoms with Gasteiger partial charge >= 0.3 is 0 Å². The van der Waals surface area contributed by atoms with Crippen LogP contribution in [0.2, 0.25) is 0 Å². The fourth-order valence-corrected chi connectivity index (χ4v) is 1.50. The molecule has 3 N–H and O–H groups in total. The summed E-state index contributed by atoms with van der Waals surface area (Å²) in [4.78, 5) is 23.4. The van der Waals surface area contributed by atoms with Crippen molar-refractivity contribution < 1.29 is 14.7 Å². The maximum absolute atomic E-state index is 11.4. The summed E-state index contributed by atoms with van der Waals surface area (Å²) in [5.74, 6) is -0.336. The van der Waals surface area contributed by atoms with Crippen LogP contribution in [0.1, 0.15) is 12.8 Å². The van der Waals surface area contributed by atoms with E-state index < -0.39 is 6.04 Å². The van der Waals surface area contributed by atoms with Crippen LogP contribution >= 0.6 is 0 Å². The molecule has 0 unspecified atom stereocenters. The van der Waals surface area contributed by atoms with E-state index >= 15 is 0 Å². The van der Waals surface area contributed by atoms with Gasteiger partial charge in [0.1, 0.15) is 12.3 Å². The van der Waals surface area contributed by atoms with Gasteiger partial charge in [0.05, 0.1) is 12.6 Å². The fourth-order valence-electron chi connectivity index (χ4n) is 1.50. The minimum atomic E-state index is -0.888. The molecule has 0 bridgehead atoms. The van der Waals surface area contributed by atoms with Gasteiger partial charge in [-0.3, -0.25) is 4.79 Å². The molecule has 1 rings (SSSR count). The average molecular weight is 186 g/mol. The Labute approximate surface area is 76.5 Å². The zero-order valence-corrected chi connectivity index (χ0v) is 7.35. The van der Waals surface area contributed by atoms with Gasteiger partial charge in [0.15, 0.2) is 0 Å². The molecule has 5 heteroatoms. The number of carbonyl (C=O) groups is 2. The summed E-state index contributed by atoms with van der Waals surface area (Å²) in [6.07, 6.45) is 2.29. The molecule has 1 aliphatic heterocycles. The summed E-state index contributed by atoms with van der Waals surface area (Å²) in [5.41, 5.74) is 5.36. The molecule has 0 spiro atoms. The number of aldehydes is 1. The van der Waals surface area contributed by atoms with Crippen LogP contribution in [0, 0.1) is 0 Å². The molecule has 1 amide bonds. The third-order valence-electron chi connectivity index (χ3n) is 2.25. The Morgan fingerprint density at radius 3 is 3.00 bits per heavy atom. The first kappa shape index (κ1) is 10.1. The quantitative estimate of drug-likeness (QED) is 0.525. The Morgan fingerprint density at radius 2 is 2.46 bits per heavy atom. The smallest absolute Gasteiger partial charge is 0.242 e. The Balaban J connectivity index is 2.59. The molecule has 1 aliphatic rings. The molecule has 13 heavy (non-hydrogen) atoms. The van der Waals surface area contributed by atoms with Crippen molar-refractivity contribution >= 4 is 12.2 Å². The third kappa shape index (κ3) is 2.05. The number of aliphatic hydroxyl groups excluding tert-OH is 1. The first-order chi connectivity index (χ1) is 6.20. The van der Waals surface area contributed by atoms with E-state index in [4.69, 9.17) is 10.8 Å². The topological polar surface area (TPSA) is 83.6 Å². The van der Waals surface area contributed by atoms with Crippen molar-refractivity contribution in [3.63, 3.8) is 0 Å². The number of rotatable bonds is 3. The lowest BCUT2D eigenvalue weighted by molar-refractivity contribution is -0.136. The van der Waals surface area contributed by atoms with Crippen LogP contribution in [0.3, 0.4) is 0 Å². The Kier molecular flexibility index (Phi) is 3.39. The molecule has 0 aliphatic carbocycles. The van der Waals surface area contributed by atoms with Gasteiger partial charge in [-0.25, -0.2) is 0 Å². The standard InChI is InChI=1S/C8H14N2O3/c9-7(5-12)8(13)10-3-1-2-6(10)4-11/h4,6-7,12H,1-3,5,9H2/t6-,7-/m0/s1. The largest absolute Gasteiger partial charge is 0.394 e. The third-order valence-corrected chi connectivity index (χ3v) is 2.25. The van der Waals surface area contributed by atoms with Crippen LogP contribution in [0.5, 0.6) is 0 Å². The van der Waals surface area contributed by atoms with Crippen molar-refractivity contribution in [3.05, 3.63) is 0 Å². The summed E-state index contributed by atoms with van der Waals surface area (Å²) >= 11 is 0. The molecule has 1 fully saturated rings. The highest BCUT2D eigenvalue weighted by molar-refractivity contribution is 5.84. The predicted molar refractivity (Wildman–Crippen MR) is 45.9 cm³/mol. The van der Waals surface area contributed by atoms with Crippen molar-refractivity contribution in [2.75, 3.05) is 13.2 Å². The molecule has 0 aromatic rings. The molecular weight excluding hydrogens is 172 g/mol. The van der Waals surface area contributed by atoms with Gasteiger partial charge in [0.2, 0.25) is 5.91 Å². The predicted octanol–water partition coefficient (Wildman–Crippen LogP) is -1.50. The number of amides is 1. The second-order valence-electron chi connectivity index (χ2n) is 3.17. The second kappa shape index (κ2) is 4.34. The van der Waals surface area contributed by atoms with E-state index in [0.717, 1.165) is 12.7 Å². The highest BCUT2D eigenvalue weighted by atomic mass is 16.3. The highest BCUT2D eigenvalue weighted by Gasteiger charge is 2.30. The zero-order chi connectivity index (χ0) is 9.84. The van der Waals surface area contributed by atoms with E-state index in [2.05, 4.69) is 0 Å². The molecule has 0 aromatic heterocycles. The summed E-state index contributed by atoms with van der Waals surface area (Å²) < 4.78 is 0. The summed E-state index contributed by atoms with van der Waals surface area (Å²) in [7, 11) is 0. The SMILES string of the molecule is N[C@@H](CO)C(=O)N1CCC[C@H]1C=O. The van der Waals surface area contributed by atoms with Crippen molar-refractivity contribution in [2.45, 2.75) is 24.9 Å². The maximum Gasteiger partial charge on any atom is 0.242 e. The van der Waals surface area contributed by atoms with Crippen LogP contribution < -0.4 is 5.73 Å². The second-order valence-corrected chi connectivity index (χ2v) is 3.17. The van der Waals surface area contributed by atoms with E-state index in [1.54, 1.807) is 0 Å². The maximum atomic E-state index is 11.4. The summed E-state index contributed by atoms with van der Waals surface area (Å²) in [6.45, 7) is 0.191. The minimum Gasteiger partial charge on any atom is -0.394 e. The van der Waals surface area contributed by atoms with Crippen LogP contribution in [-0.2, 0) is 9.59 Å². The van der Waals surface area contributed by atoms with Crippen molar-refractivity contribution in [1.29, 1.82) is 0 Å². The van der Waals surface area contributed by atoms with Gasteiger partial charge in [-0.05, 0) is 12.8 Å². The van der Waals surface area contributed by atoms with E-state index in [1.807, 2.05) is 0 Å². The summed E-state index contributed by atoms with van der Waals surface area (Å²) in [5, 5.41) is 8.66. The zero-order valence-electron chi connectivity index (χ0n) is 7.35. The number of aliphatic hydroxyl groups is 1. The molecule has 0 aromatic carbocycles. The fraction of sp³-hybridized carbons (Fsp3) is 0.750. The number of nitrogens with zero attached hydrogens (tertiary/aromatic N) is 1. The molecule has 0 radical (unpaired) electrons. The molecule has 1 saturated heterocycles. The lowest BCUT2D eigenvalue weighted by Gasteiger charge is -2.22. The number of likely N-dealkylation sites (tertiary alicyclic amines) is 1. The molecule has 0 saturated carbocycles. The molecule has 2 atom stereocenters. The van der Waals surface area contributed by atoms with Gasteiger partial charge in [-0.15, -0.1) is 0 Å². The van der Waals surface area contributed by atoms with Crippen molar-refractivity contribution in [1.82, 2.24) is 4.90 Å². The minimum absolute atomic E-state index is 0.336. The van der Waals surface area contributed by atoms with Gasteiger partial charge in [0, 0.05) is 6.54 Å². The molecule has 74 valence electrons. The normalized spacial score (nSPS) is 24.5. The van der Waals surface area contributed by atoms with E-state index in [-0.39, 0.29) is 18.6 Å². The van der Waals surface area contributed by atoms with Gasteiger partial charge < -0.3 is 20.5 Å². The summed E-state index contributed by atoms with van der Waals surface area (Å²) in [6, 6.07) is -1.23. The Bertz CT molecular complexity index is 208. The molecular formula is C8H14N2O3. The molecule has 1 heterocycles. The number of hydrogen-bond acceptors (Lipinski definition) is 4. The van der Waals surface area contributed by atoms with Crippen LogP contribution in [0.25, 0.3) is 0 Å². The van der Waals surface area contributed by atoms with Crippen LogP contribution in [0.4, 0.5) is 0 Å². The van der Waals surface area contributed by atoms with Gasteiger partial charge in [-0.1, -0.05) is 0 Å². The van der Waals surface area contributed by atoms with Crippen molar-refractivity contribution in [2.24, 2.45) is 5.73 Å². The van der Waals surface area contributed by atoms with Crippen LogP contribution in [-0.4, -0.2) is 47.4 Å². The number of hydrogen-bond donors (Lipinski definition) is 2. The first-order valence-electron chi connectivity index (χ1n) is 4.33.